The van der Waals surface area contributed by atoms with Gasteiger partial charge in [0, 0.05) is 19.6 Å². The molecule has 0 saturated carbocycles. The van der Waals surface area contributed by atoms with Crippen molar-refractivity contribution in [2.75, 3.05) is 26.2 Å². The molecule has 0 radical (unpaired) electrons. The van der Waals surface area contributed by atoms with E-state index >= 15 is 0 Å². The van der Waals surface area contributed by atoms with Crippen molar-refractivity contribution < 1.29 is 9.47 Å². The number of nitrogens with zero attached hydrogens (tertiary/aromatic N) is 1. The number of allylic oxidation sites excluding steroid dienone is 1. The summed E-state index contributed by atoms with van der Waals surface area (Å²) in [6.07, 6.45) is 4.50. The molecule has 122 valence electrons. The lowest BCUT2D eigenvalue weighted by Crippen LogP contribution is -2.45. The molecule has 3 heteroatoms. The van der Waals surface area contributed by atoms with Crippen LogP contribution in [0.25, 0.3) is 0 Å². The Balaban J connectivity index is 1.78. The van der Waals surface area contributed by atoms with Crippen molar-refractivity contribution in [3.8, 4) is 5.75 Å². The smallest absolute Gasteiger partial charge is 0.122 e. The van der Waals surface area contributed by atoms with E-state index in [2.05, 4.69) is 50.4 Å². The molecule has 2 rings (SSSR count). The van der Waals surface area contributed by atoms with Crippen LogP contribution in [0.4, 0.5) is 0 Å². The third-order valence-electron chi connectivity index (χ3n) is 3.95. The summed E-state index contributed by atoms with van der Waals surface area (Å²) in [6, 6.07) is 6.36. The first-order valence-corrected chi connectivity index (χ1v) is 8.29. The second kappa shape index (κ2) is 8.35. The lowest BCUT2D eigenvalue weighted by molar-refractivity contribution is -0.0686. The van der Waals surface area contributed by atoms with Gasteiger partial charge in [0.2, 0.25) is 0 Å². The first kappa shape index (κ1) is 17.0. The molecule has 0 unspecified atom stereocenters. The average Bonchev–Trinajstić information content (AvgIpc) is 2.45. The predicted octanol–water partition coefficient (Wildman–Crippen LogP) is 3.60. The fourth-order valence-electron chi connectivity index (χ4n) is 3.10. The van der Waals surface area contributed by atoms with Gasteiger partial charge < -0.3 is 9.47 Å². The molecule has 0 N–H and O–H groups in total. The normalized spacial score (nSPS) is 22.5. The molecule has 0 aliphatic carbocycles. The number of rotatable bonds is 7. The Morgan fingerprint density at radius 2 is 2.05 bits per heavy atom. The Morgan fingerprint density at radius 3 is 2.73 bits per heavy atom. The summed E-state index contributed by atoms with van der Waals surface area (Å²) in [4.78, 5) is 2.47. The summed E-state index contributed by atoms with van der Waals surface area (Å²) < 4.78 is 11.7. The van der Waals surface area contributed by atoms with Crippen molar-refractivity contribution in [1.82, 2.24) is 4.90 Å². The lowest BCUT2D eigenvalue weighted by Gasteiger charge is -2.35. The van der Waals surface area contributed by atoms with E-state index < -0.39 is 0 Å². The van der Waals surface area contributed by atoms with Crippen LogP contribution in [0.2, 0.25) is 0 Å². The van der Waals surface area contributed by atoms with E-state index in [1.54, 1.807) is 0 Å². The van der Waals surface area contributed by atoms with Crippen LogP contribution in [0.3, 0.4) is 0 Å². The number of hydrogen-bond acceptors (Lipinski definition) is 3. The van der Waals surface area contributed by atoms with Gasteiger partial charge in [-0.25, -0.2) is 0 Å². The summed E-state index contributed by atoms with van der Waals surface area (Å²) >= 11 is 0. The molecule has 0 aromatic heterocycles. The standard InChI is InChI=1S/C19H29NO2/c1-5-7-18-12-15(2)8-9-19(18)21-11-6-10-20-13-16(3)22-17(4)14-20/h5,8-9,12,16-17H,1,6-7,10-11,13-14H2,2-4H3/t16-,17-/m0/s1. The third kappa shape index (κ3) is 5.15. The molecule has 22 heavy (non-hydrogen) atoms. The van der Waals surface area contributed by atoms with Gasteiger partial charge >= 0.3 is 0 Å². The van der Waals surface area contributed by atoms with Gasteiger partial charge in [-0.15, -0.1) is 6.58 Å². The molecule has 0 spiro atoms. The molecule has 0 amide bonds. The zero-order valence-electron chi connectivity index (χ0n) is 14.2. The van der Waals surface area contributed by atoms with Gasteiger partial charge in [0.15, 0.2) is 0 Å². The molecule has 1 aliphatic heterocycles. The summed E-state index contributed by atoms with van der Waals surface area (Å²) in [5.74, 6) is 0.995. The Bertz CT molecular complexity index is 476. The Morgan fingerprint density at radius 1 is 1.32 bits per heavy atom. The topological polar surface area (TPSA) is 21.7 Å². The van der Waals surface area contributed by atoms with Crippen LogP contribution >= 0.6 is 0 Å². The van der Waals surface area contributed by atoms with Crippen molar-refractivity contribution in [3.63, 3.8) is 0 Å². The van der Waals surface area contributed by atoms with Crippen molar-refractivity contribution in [2.24, 2.45) is 0 Å². The van der Waals surface area contributed by atoms with Crippen molar-refractivity contribution in [1.29, 1.82) is 0 Å². The largest absolute Gasteiger partial charge is 0.493 e. The van der Waals surface area contributed by atoms with E-state index in [0.29, 0.717) is 12.2 Å². The third-order valence-corrected chi connectivity index (χ3v) is 3.95. The van der Waals surface area contributed by atoms with Crippen LogP contribution in [0, 0.1) is 6.92 Å². The SMILES string of the molecule is C=CCc1cc(C)ccc1OCCCN1C[C@H](C)O[C@@H](C)C1. The van der Waals surface area contributed by atoms with Crippen molar-refractivity contribution in [3.05, 3.63) is 42.0 Å². The van der Waals surface area contributed by atoms with Crippen LogP contribution in [0.1, 0.15) is 31.4 Å². The average molecular weight is 303 g/mol. The molecule has 3 nitrogen and oxygen atoms in total. The fraction of sp³-hybridized carbons (Fsp3) is 0.579. The zero-order valence-corrected chi connectivity index (χ0v) is 14.2. The minimum Gasteiger partial charge on any atom is -0.493 e. The molecule has 1 aliphatic rings. The summed E-state index contributed by atoms with van der Waals surface area (Å²) in [5.41, 5.74) is 2.49. The number of morpholine rings is 1. The van der Waals surface area contributed by atoms with E-state index in [9.17, 15) is 0 Å². The lowest BCUT2D eigenvalue weighted by atomic mass is 10.1. The summed E-state index contributed by atoms with van der Waals surface area (Å²) in [7, 11) is 0. The fourth-order valence-corrected chi connectivity index (χ4v) is 3.10. The Hall–Kier alpha value is -1.32. The first-order valence-electron chi connectivity index (χ1n) is 8.29. The minimum atomic E-state index is 0.334. The van der Waals surface area contributed by atoms with E-state index in [1.807, 2.05) is 6.08 Å². The molecule has 2 atom stereocenters. The number of ether oxygens (including phenoxy) is 2. The second-order valence-electron chi connectivity index (χ2n) is 6.32. The summed E-state index contributed by atoms with van der Waals surface area (Å²) in [5, 5.41) is 0. The molecule has 1 fully saturated rings. The van der Waals surface area contributed by atoms with Crippen LogP contribution in [-0.4, -0.2) is 43.3 Å². The monoisotopic (exact) mass is 303 g/mol. The Kier molecular flexibility index (Phi) is 6.47. The molecular formula is C19H29NO2. The van der Waals surface area contributed by atoms with Gasteiger partial charge in [0.25, 0.3) is 0 Å². The highest BCUT2D eigenvalue weighted by Gasteiger charge is 2.21. The Labute approximate surface area is 134 Å². The predicted molar refractivity (Wildman–Crippen MR) is 91.6 cm³/mol. The van der Waals surface area contributed by atoms with Crippen LogP contribution < -0.4 is 4.74 Å². The van der Waals surface area contributed by atoms with E-state index in [0.717, 1.165) is 44.8 Å². The maximum Gasteiger partial charge on any atom is 0.122 e. The van der Waals surface area contributed by atoms with Gasteiger partial charge in [-0.3, -0.25) is 4.90 Å². The molecule has 1 aromatic carbocycles. The molecular weight excluding hydrogens is 274 g/mol. The van der Waals surface area contributed by atoms with Gasteiger partial charge in [0.1, 0.15) is 5.75 Å². The highest BCUT2D eigenvalue weighted by Crippen LogP contribution is 2.21. The maximum absolute atomic E-state index is 5.98. The molecule has 1 heterocycles. The van der Waals surface area contributed by atoms with Gasteiger partial charge in [-0.2, -0.15) is 0 Å². The molecule has 0 bridgehead atoms. The number of aryl methyl sites for hydroxylation is 1. The number of hydrogen-bond donors (Lipinski definition) is 0. The van der Waals surface area contributed by atoms with E-state index in [-0.39, 0.29) is 0 Å². The highest BCUT2D eigenvalue weighted by molar-refractivity contribution is 5.38. The highest BCUT2D eigenvalue weighted by atomic mass is 16.5. The van der Waals surface area contributed by atoms with Crippen molar-refractivity contribution >= 4 is 0 Å². The van der Waals surface area contributed by atoms with Crippen LogP contribution in [0.15, 0.2) is 30.9 Å². The zero-order chi connectivity index (χ0) is 15.9. The first-order chi connectivity index (χ1) is 10.6. The van der Waals surface area contributed by atoms with Crippen molar-refractivity contribution in [2.45, 2.75) is 45.8 Å². The second-order valence-corrected chi connectivity index (χ2v) is 6.32. The van der Waals surface area contributed by atoms with E-state index in [1.165, 1.54) is 11.1 Å². The van der Waals surface area contributed by atoms with Gasteiger partial charge in [-0.1, -0.05) is 23.8 Å². The van der Waals surface area contributed by atoms with Gasteiger partial charge in [0.05, 0.1) is 18.8 Å². The summed E-state index contributed by atoms with van der Waals surface area (Å²) in [6.45, 7) is 14.1. The maximum atomic E-state index is 5.98. The quantitative estimate of drug-likeness (QED) is 0.567. The minimum absolute atomic E-state index is 0.334. The molecule has 1 aromatic rings. The van der Waals surface area contributed by atoms with Gasteiger partial charge in [-0.05, 0) is 45.2 Å². The van der Waals surface area contributed by atoms with Crippen LogP contribution in [-0.2, 0) is 11.2 Å². The van der Waals surface area contributed by atoms with E-state index in [4.69, 9.17) is 9.47 Å². The molecule has 1 saturated heterocycles. The van der Waals surface area contributed by atoms with Crippen LogP contribution in [0.5, 0.6) is 5.75 Å². The number of benzene rings is 1.